The van der Waals surface area contributed by atoms with Crippen molar-refractivity contribution in [2.45, 2.75) is 13.1 Å². The molecule has 0 atom stereocenters. The number of amides is 1. The molecule has 28 heavy (non-hydrogen) atoms. The van der Waals surface area contributed by atoms with Gasteiger partial charge in [0.1, 0.15) is 11.9 Å². The summed E-state index contributed by atoms with van der Waals surface area (Å²) >= 11 is 0. The minimum Gasteiger partial charge on any atom is -0.306 e. The fourth-order valence-corrected chi connectivity index (χ4v) is 2.71. The molecule has 0 unspecified atom stereocenters. The maximum Gasteiger partial charge on any atom is 0.416 e. The zero-order valence-electron chi connectivity index (χ0n) is 14.7. The largest absolute Gasteiger partial charge is 0.416 e. The van der Waals surface area contributed by atoms with Crippen LogP contribution in [0.5, 0.6) is 0 Å². The van der Waals surface area contributed by atoms with Gasteiger partial charge in [0.05, 0.1) is 11.1 Å². The van der Waals surface area contributed by atoms with Crippen LogP contribution in [0.3, 0.4) is 0 Å². The summed E-state index contributed by atoms with van der Waals surface area (Å²) in [6.07, 6.45) is -3.07. The Hall–Kier alpha value is -3.66. The Labute approximate surface area is 159 Å². The van der Waals surface area contributed by atoms with Crippen molar-refractivity contribution in [1.82, 2.24) is 4.98 Å². The molecule has 4 nitrogen and oxygen atoms in total. The third kappa shape index (κ3) is 4.01. The number of nitrogens with zero attached hydrogens (tertiary/aromatic N) is 2. The van der Waals surface area contributed by atoms with Crippen LogP contribution in [0.25, 0.3) is 11.1 Å². The van der Waals surface area contributed by atoms with Crippen molar-refractivity contribution in [3.05, 3.63) is 83.0 Å². The number of hydrogen-bond donors (Lipinski definition) is 1. The average Bonchev–Trinajstić information content (AvgIpc) is 2.69. The van der Waals surface area contributed by atoms with Crippen LogP contribution >= 0.6 is 0 Å². The van der Waals surface area contributed by atoms with E-state index in [0.717, 1.165) is 12.1 Å². The Morgan fingerprint density at radius 3 is 2.39 bits per heavy atom. The highest BCUT2D eigenvalue weighted by atomic mass is 19.4. The average molecular weight is 381 g/mol. The molecule has 1 heterocycles. The quantitative estimate of drug-likeness (QED) is 0.678. The molecule has 0 aliphatic carbocycles. The molecule has 0 spiro atoms. The maximum absolute atomic E-state index is 12.8. The lowest BCUT2D eigenvalue weighted by Gasteiger charge is -2.12. The number of benzene rings is 2. The van der Waals surface area contributed by atoms with Gasteiger partial charge in [0, 0.05) is 11.8 Å². The van der Waals surface area contributed by atoms with Crippen molar-refractivity contribution in [1.29, 1.82) is 5.26 Å². The highest BCUT2D eigenvalue weighted by Gasteiger charge is 2.30. The number of aromatic nitrogens is 1. The van der Waals surface area contributed by atoms with Crippen molar-refractivity contribution in [3.8, 4) is 17.2 Å². The number of hydrogen-bond acceptors (Lipinski definition) is 3. The summed E-state index contributed by atoms with van der Waals surface area (Å²) in [6.45, 7) is 1.71. The van der Waals surface area contributed by atoms with Gasteiger partial charge in [-0.2, -0.15) is 18.4 Å². The standard InChI is InChI=1S/C21H14F3N3O/c1-13-10-14(11-25)12-26-19(13)27-20(28)18-5-3-2-4-17(18)15-6-8-16(9-7-15)21(22,23)24/h2-10,12H,1H3,(H,26,27,28). The van der Waals surface area contributed by atoms with E-state index >= 15 is 0 Å². The smallest absolute Gasteiger partial charge is 0.306 e. The summed E-state index contributed by atoms with van der Waals surface area (Å²) in [4.78, 5) is 16.8. The van der Waals surface area contributed by atoms with Gasteiger partial charge in [-0.3, -0.25) is 4.79 Å². The van der Waals surface area contributed by atoms with Crippen LogP contribution in [-0.2, 0) is 6.18 Å². The Morgan fingerprint density at radius 2 is 1.79 bits per heavy atom. The zero-order chi connectivity index (χ0) is 20.3. The minimum atomic E-state index is -4.42. The van der Waals surface area contributed by atoms with E-state index in [-0.39, 0.29) is 0 Å². The van der Waals surface area contributed by atoms with Gasteiger partial charge in [-0.1, -0.05) is 30.3 Å². The van der Waals surface area contributed by atoms with Crippen molar-refractivity contribution in [3.63, 3.8) is 0 Å². The van der Waals surface area contributed by atoms with Gasteiger partial charge in [-0.05, 0) is 47.9 Å². The molecule has 0 aliphatic heterocycles. The summed E-state index contributed by atoms with van der Waals surface area (Å²) in [5.74, 6) is -0.137. The van der Waals surface area contributed by atoms with E-state index in [2.05, 4.69) is 10.3 Å². The summed E-state index contributed by atoms with van der Waals surface area (Å²) < 4.78 is 38.3. The second-order valence-electron chi connectivity index (χ2n) is 6.08. The first-order valence-corrected chi connectivity index (χ1v) is 8.24. The molecule has 3 rings (SSSR count). The zero-order valence-corrected chi connectivity index (χ0v) is 14.7. The van der Waals surface area contributed by atoms with Crippen LogP contribution in [0.2, 0.25) is 0 Å². The predicted molar refractivity (Wildman–Crippen MR) is 98.5 cm³/mol. The van der Waals surface area contributed by atoms with E-state index in [1.54, 1.807) is 37.3 Å². The Morgan fingerprint density at radius 1 is 1.11 bits per heavy atom. The summed E-state index contributed by atoms with van der Waals surface area (Å²) in [7, 11) is 0. The number of pyridine rings is 1. The molecule has 0 aliphatic rings. The van der Waals surface area contributed by atoms with Gasteiger partial charge in [-0.15, -0.1) is 0 Å². The fraction of sp³-hybridized carbons (Fsp3) is 0.0952. The molecule has 2 aromatic carbocycles. The Bertz CT molecular complexity index is 1070. The third-order valence-electron chi connectivity index (χ3n) is 4.13. The highest BCUT2D eigenvalue weighted by molar-refractivity contribution is 6.08. The number of carbonyl (C=O) groups is 1. The Kier molecular flexibility index (Phi) is 5.14. The van der Waals surface area contributed by atoms with Gasteiger partial charge in [0.2, 0.25) is 0 Å². The number of nitrogens with one attached hydrogen (secondary N) is 1. The molecular formula is C21H14F3N3O. The Balaban J connectivity index is 1.92. The summed E-state index contributed by atoms with van der Waals surface area (Å²) in [6, 6.07) is 14.8. The minimum absolute atomic E-state index is 0.299. The number of rotatable bonds is 3. The van der Waals surface area contributed by atoms with Crippen LogP contribution in [0.4, 0.5) is 19.0 Å². The van der Waals surface area contributed by atoms with E-state index < -0.39 is 17.6 Å². The predicted octanol–water partition coefficient (Wildman–Crippen LogP) is 5.20. The van der Waals surface area contributed by atoms with Crippen molar-refractivity contribution < 1.29 is 18.0 Å². The summed E-state index contributed by atoms with van der Waals surface area (Å²) in [5, 5.41) is 11.6. The molecule has 0 saturated heterocycles. The molecule has 0 saturated carbocycles. The normalized spacial score (nSPS) is 11.0. The second kappa shape index (κ2) is 7.53. The van der Waals surface area contributed by atoms with Crippen LogP contribution < -0.4 is 5.32 Å². The molecule has 7 heteroatoms. The van der Waals surface area contributed by atoms with E-state index in [1.807, 2.05) is 6.07 Å². The maximum atomic E-state index is 12.8. The summed E-state index contributed by atoms with van der Waals surface area (Å²) in [5.41, 5.74) is 1.53. The first kappa shape index (κ1) is 19.1. The van der Waals surface area contributed by atoms with Gasteiger partial charge in [-0.25, -0.2) is 4.98 Å². The topological polar surface area (TPSA) is 65.8 Å². The van der Waals surface area contributed by atoms with Crippen molar-refractivity contribution in [2.24, 2.45) is 0 Å². The molecule has 0 bridgehead atoms. The molecule has 3 aromatic rings. The highest BCUT2D eigenvalue weighted by Crippen LogP contribution is 2.32. The molecule has 0 fully saturated rings. The van der Waals surface area contributed by atoms with E-state index in [9.17, 15) is 18.0 Å². The van der Waals surface area contributed by atoms with E-state index in [0.29, 0.717) is 33.6 Å². The van der Waals surface area contributed by atoms with Crippen LogP contribution in [0.15, 0.2) is 60.8 Å². The lowest BCUT2D eigenvalue weighted by Crippen LogP contribution is -2.15. The van der Waals surface area contributed by atoms with E-state index in [4.69, 9.17) is 5.26 Å². The monoisotopic (exact) mass is 381 g/mol. The van der Waals surface area contributed by atoms with E-state index in [1.165, 1.54) is 18.3 Å². The molecule has 0 radical (unpaired) electrons. The number of halogens is 3. The first-order valence-electron chi connectivity index (χ1n) is 8.24. The van der Waals surface area contributed by atoms with Crippen molar-refractivity contribution in [2.75, 3.05) is 5.32 Å². The molecule has 1 amide bonds. The number of nitriles is 1. The molecular weight excluding hydrogens is 367 g/mol. The number of alkyl halides is 3. The molecule has 1 N–H and O–H groups in total. The molecule has 1 aromatic heterocycles. The van der Waals surface area contributed by atoms with Crippen molar-refractivity contribution >= 4 is 11.7 Å². The van der Waals surface area contributed by atoms with Gasteiger partial charge in [0.15, 0.2) is 0 Å². The van der Waals surface area contributed by atoms with Gasteiger partial charge in [0.25, 0.3) is 5.91 Å². The van der Waals surface area contributed by atoms with Crippen LogP contribution in [0, 0.1) is 18.3 Å². The number of carbonyl (C=O) groups excluding carboxylic acids is 1. The van der Waals surface area contributed by atoms with Crippen LogP contribution in [0.1, 0.15) is 27.0 Å². The van der Waals surface area contributed by atoms with Crippen LogP contribution in [-0.4, -0.2) is 10.9 Å². The SMILES string of the molecule is Cc1cc(C#N)cnc1NC(=O)c1ccccc1-c1ccc(C(F)(F)F)cc1. The first-order chi connectivity index (χ1) is 13.3. The molecule has 140 valence electrons. The second-order valence-corrected chi connectivity index (χ2v) is 6.08. The fourth-order valence-electron chi connectivity index (χ4n) is 2.71. The van der Waals surface area contributed by atoms with Gasteiger partial charge >= 0.3 is 6.18 Å². The lowest BCUT2D eigenvalue weighted by atomic mass is 9.98. The number of anilines is 1. The lowest BCUT2D eigenvalue weighted by molar-refractivity contribution is -0.137. The van der Waals surface area contributed by atoms with Gasteiger partial charge < -0.3 is 5.32 Å². The number of aryl methyl sites for hydroxylation is 1. The third-order valence-corrected chi connectivity index (χ3v) is 4.13.